The number of amides is 1. The molecular weight excluding hydrogens is 344 g/mol. The van der Waals surface area contributed by atoms with Crippen LogP contribution in [0.2, 0.25) is 0 Å². The van der Waals surface area contributed by atoms with Crippen LogP contribution in [-0.4, -0.2) is 48.4 Å². The second kappa shape index (κ2) is 8.18. The molecule has 7 nitrogen and oxygen atoms in total. The van der Waals surface area contributed by atoms with Gasteiger partial charge in [0.15, 0.2) is 12.0 Å². The van der Waals surface area contributed by atoms with Gasteiger partial charge in [0.05, 0.1) is 5.69 Å². The Morgan fingerprint density at radius 1 is 1.30 bits per heavy atom. The lowest BCUT2D eigenvalue weighted by Gasteiger charge is -2.25. The Morgan fingerprint density at radius 2 is 2.04 bits per heavy atom. The van der Waals surface area contributed by atoms with Crippen molar-refractivity contribution >= 4 is 17.4 Å². The summed E-state index contributed by atoms with van der Waals surface area (Å²) in [5.41, 5.74) is 1.84. The number of benzene rings is 1. The van der Waals surface area contributed by atoms with Gasteiger partial charge in [-0.15, -0.1) is 0 Å². The van der Waals surface area contributed by atoms with E-state index in [4.69, 9.17) is 4.74 Å². The van der Waals surface area contributed by atoms with Crippen LogP contribution < -0.4 is 15.4 Å². The van der Waals surface area contributed by atoms with Gasteiger partial charge < -0.3 is 15.4 Å². The number of hydrogen-bond acceptors (Lipinski definition) is 6. The van der Waals surface area contributed by atoms with E-state index in [9.17, 15) is 9.59 Å². The highest BCUT2D eigenvalue weighted by Gasteiger charge is 2.34. The first-order valence-electron chi connectivity index (χ1n) is 8.89. The van der Waals surface area contributed by atoms with Crippen molar-refractivity contribution in [3.63, 3.8) is 0 Å². The number of carbonyl (C=O) groups excluding carboxylic acids is 2. The number of aromatic nitrogens is 1. The minimum atomic E-state index is -0.810. The molecule has 2 heterocycles. The van der Waals surface area contributed by atoms with E-state index in [1.165, 1.54) is 0 Å². The van der Waals surface area contributed by atoms with Crippen molar-refractivity contribution in [1.82, 2.24) is 15.2 Å². The number of hydrogen-bond donors (Lipinski definition) is 2. The van der Waals surface area contributed by atoms with E-state index in [-0.39, 0.29) is 30.2 Å². The molecule has 2 atom stereocenters. The van der Waals surface area contributed by atoms with Crippen LogP contribution in [-0.2, 0) is 11.3 Å². The average molecular weight is 368 g/mol. The predicted octanol–water partition coefficient (Wildman–Crippen LogP) is 1.91. The lowest BCUT2D eigenvalue weighted by molar-refractivity contribution is -0.123. The van der Waals surface area contributed by atoms with Crippen LogP contribution in [0.4, 0.5) is 5.69 Å². The van der Waals surface area contributed by atoms with Crippen molar-refractivity contribution in [2.45, 2.75) is 19.7 Å². The molecule has 27 heavy (non-hydrogen) atoms. The number of ether oxygens (including phenoxy) is 1. The number of pyridine rings is 1. The molecule has 7 heteroatoms. The second-order valence-electron chi connectivity index (χ2n) is 6.73. The van der Waals surface area contributed by atoms with Gasteiger partial charge in [0.2, 0.25) is 11.8 Å². The Labute approximate surface area is 158 Å². The van der Waals surface area contributed by atoms with E-state index in [0.717, 1.165) is 5.56 Å². The van der Waals surface area contributed by atoms with Crippen LogP contribution in [0.25, 0.3) is 0 Å². The third kappa shape index (κ3) is 4.43. The number of Topliss-reactive ketones (excluding diaryl/α,β-unsaturated/α-hetero) is 1. The van der Waals surface area contributed by atoms with Crippen molar-refractivity contribution in [3.05, 3.63) is 53.7 Å². The highest BCUT2D eigenvalue weighted by molar-refractivity contribution is 6.13. The lowest BCUT2D eigenvalue weighted by Crippen LogP contribution is -2.42. The highest BCUT2D eigenvalue weighted by atomic mass is 16.5. The van der Waals surface area contributed by atoms with Crippen LogP contribution in [0.3, 0.4) is 0 Å². The Bertz CT molecular complexity index is 823. The molecular formula is C20H24N4O3. The molecule has 0 saturated carbocycles. The molecule has 1 aliphatic heterocycles. The Kier molecular flexibility index (Phi) is 5.71. The summed E-state index contributed by atoms with van der Waals surface area (Å²) in [5, 5.41) is 5.94. The van der Waals surface area contributed by atoms with E-state index in [1.54, 1.807) is 12.1 Å². The van der Waals surface area contributed by atoms with E-state index in [2.05, 4.69) is 15.6 Å². The van der Waals surface area contributed by atoms with Gasteiger partial charge in [0.25, 0.3) is 0 Å². The first-order valence-corrected chi connectivity index (χ1v) is 8.89. The molecule has 1 aromatic heterocycles. The summed E-state index contributed by atoms with van der Waals surface area (Å²) in [7, 11) is 3.78. The van der Waals surface area contributed by atoms with E-state index < -0.39 is 5.92 Å². The number of fused-ring (bicyclic) bond motifs is 1. The zero-order chi connectivity index (χ0) is 19.4. The molecule has 0 fully saturated rings. The van der Waals surface area contributed by atoms with Gasteiger partial charge in [-0.25, -0.2) is 4.98 Å². The summed E-state index contributed by atoms with van der Waals surface area (Å²) < 4.78 is 5.73. The molecule has 1 amide bonds. The molecule has 2 unspecified atom stereocenters. The number of nitrogens with one attached hydrogen (secondary N) is 2. The topological polar surface area (TPSA) is 83.6 Å². The van der Waals surface area contributed by atoms with Crippen LogP contribution in [0.5, 0.6) is 5.88 Å². The first-order chi connectivity index (χ1) is 13.0. The van der Waals surface area contributed by atoms with Gasteiger partial charge in [-0.3, -0.25) is 14.5 Å². The van der Waals surface area contributed by atoms with Crippen molar-refractivity contribution in [2.75, 3.05) is 26.0 Å². The standard InChI is InChI=1S/C20H24N4O3/c1-13(24(2)3)27-17-10-9-16-18(23-17)19(25)15(12-21-16)20(26)22-11-14-7-5-4-6-8-14/h4-10,13,15,21H,11-12H2,1-3H3,(H,22,26). The van der Waals surface area contributed by atoms with E-state index in [1.807, 2.05) is 56.3 Å². The minimum absolute atomic E-state index is 0.188. The zero-order valence-corrected chi connectivity index (χ0v) is 15.7. The normalized spacial score (nSPS) is 17.0. The van der Waals surface area contributed by atoms with Gasteiger partial charge in [-0.2, -0.15) is 0 Å². The molecule has 2 N–H and O–H groups in total. The van der Waals surface area contributed by atoms with Crippen LogP contribution in [0.15, 0.2) is 42.5 Å². The summed E-state index contributed by atoms with van der Waals surface area (Å²) in [4.78, 5) is 31.5. The third-order valence-electron chi connectivity index (χ3n) is 4.56. The maximum Gasteiger partial charge on any atom is 0.233 e. The maximum atomic E-state index is 12.8. The minimum Gasteiger partial charge on any atom is -0.459 e. The molecule has 3 rings (SSSR count). The van der Waals surface area contributed by atoms with Crippen LogP contribution >= 0.6 is 0 Å². The largest absolute Gasteiger partial charge is 0.459 e. The fourth-order valence-electron chi connectivity index (χ4n) is 2.71. The lowest BCUT2D eigenvalue weighted by atomic mass is 9.95. The number of carbonyl (C=O) groups is 2. The number of nitrogens with zero attached hydrogens (tertiary/aromatic N) is 2. The van der Waals surface area contributed by atoms with Crippen LogP contribution in [0, 0.1) is 5.92 Å². The molecule has 0 spiro atoms. The van der Waals surface area contributed by atoms with Gasteiger partial charge in [0.1, 0.15) is 11.6 Å². The average Bonchev–Trinajstić information content (AvgIpc) is 2.67. The number of rotatable bonds is 6. The SMILES string of the molecule is CC(Oc1ccc2c(n1)C(=O)C(C(=O)NCc1ccccc1)CN2)N(C)C. The van der Waals surface area contributed by atoms with Crippen molar-refractivity contribution in [1.29, 1.82) is 0 Å². The second-order valence-corrected chi connectivity index (χ2v) is 6.73. The van der Waals surface area contributed by atoms with Gasteiger partial charge in [-0.1, -0.05) is 30.3 Å². The van der Waals surface area contributed by atoms with Crippen molar-refractivity contribution in [3.8, 4) is 5.88 Å². The van der Waals surface area contributed by atoms with E-state index in [0.29, 0.717) is 18.1 Å². The summed E-state index contributed by atoms with van der Waals surface area (Å²) in [6.45, 7) is 2.52. The molecule has 1 aliphatic rings. The van der Waals surface area contributed by atoms with Crippen LogP contribution in [0.1, 0.15) is 23.0 Å². The Morgan fingerprint density at radius 3 is 2.74 bits per heavy atom. The molecule has 0 saturated heterocycles. The van der Waals surface area contributed by atoms with Crippen molar-refractivity contribution < 1.29 is 14.3 Å². The summed E-state index contributed by atoms with van der Waals surface area (Å²) in [6, 6.07) is 13.1. The number of anilines is 1. The summed E-state index contributed by atoms with van der Waals surface area (Å²) in [5.74, 6) is -1.06. The molecule has 142 valence electrons. The molecule has 1 aromatic carbocycles. The van der Waals surface area contributed by atoms with Gasteiger partial charge >= 0.3 is 0 Å². The smallest absolute Gasteiger partial charge is 0.233 e. The predicted molar refractivity (Wildman–Crippen MR) is 103 cm³/mol. The highest BCUT2D eigenvalue weighted by Crippen LogP contribution is 2.26. The molecule has 0 radical (unpaired) electrons. The zero-order valence-electron chi connectivity index (χ0n) is 15.7. The van der Waals surface area contributed by atoms with Crippen molar-refractivity contribution in [2.24, 2.45) is 5.92 Å². The maximum absolute atomic E-state index is 12.8. The molecule has 2 aromatic rings. The Hall–Kier alpha value is -2.93. The monoisotopic (exact) mass is 368 g/mol. The summed E-state index contributed by atoms with van der Waals surface area (Å²) >= 11 is 0. The fraction of sp³-hybridized carbons (Fsp3) is 0.350. The summed E-state index contributed by atoms with van der Waals surface area (Å²) in [6.07, 6.45) is -0.188. The first kappa shape index (κ1) is 18.8. The van der Waals surface area contributed by atoms with Gasteiger partial charge in [-0.05, 0) is 32.6 Å². The van der Waals surface area contributed by atoms with E-state index >= 15 is 0 Å². The molecule has 0 aliphatic carbocycles. The fourth-order valence-corrected chi connectivity index (χ4v) is 2.71. The molecule has 0 bridgehead atoms. The quantitative estimate of drug-likeness (QED) is 0.599. The van der Waals surface area contributed by atoms with Gasteiger partial charge in [0, 0.05) is 19.2 Å². The number of ketones is 1. The Balaban J connectivity index is 1.69. The third-order valence-corrected chi connectivity index (χ3v) is 4.56.